The standard InChI is InChI=1S/C30H34N4O2/c1-4-7-9-23-13-16-26-27(18-23)28(19-24-10-8-17-31-20-24)32-34(30(26)36)21-29(35)33(6-3)25-14-11-22(5-2)12-15-25/h8,10-18,20H,4-7,9,19,21H2,1-3H3. The van der Waals surface area contributed by atoms with Crippen molar-refractivity contribution in [3.05, 3.63) is 99.7 Å². The van der Waals surface area contributed by atoms with Crippen LogP contribution in [0, 0.1) is 0 Å². The number of anilines is 1. The highest BCUT2D eigenvalue weighted by atomic mass is 16.2. The first-order valence-corrected chi connectivity index (χ1v) is 12.8. The lowest BCUT2D eigenvalue weighted by Crippen LogP contribution is -2.37. The number of unbranched alkanes of at least 4 members (excludes halogenated alkanes) is 1. The van der Waals surface area contributed by atoms with Crippen LogP contribution >= 0.6 is 0 Å². The molecule has 0 aliphatic heterocycles. The van der Waals surface area contributed by atoms with Gasteiger partial charge < -0.3 is 4.90 Å². The first kappa shape index (κ1) is 25.3. The molecule has 186 valence electrons. The molecule has 0 aliphatic carbocycles. The second-order valence-electron chi connectivity index (χ2n) is 9.09. The molecule has 0 atom stereocenters. The van der Waals surface area contributed by atoms with Crippen molar-refractivity contribution in [3.8, 4) is 0 Å². The number of likely N-dealkylation sites (N-methyl/N-ethyl adjacent to an activating group) is 1. The zero-order valence-electron chi connectivity index (χ0n) is 21.4. The van der Waals surface area contributed by atoms with E-state index in [1.807, 2.05) is 61.7 Å². The molecular formula is C30H34N4O2. The Morgan fingerprint density at radius 2 is 1.72 bits per heavy atom. The minimum Gasteiger partial charge on any atom is -0.311 e. The van der Waals surface area contributed by atoms with Crippen LogP contribution in [-0.4, -0.2) is 27.2 Å². The molecule has 2 heterocycles. The van der Waals surface area contributed by atoms with Gasteiger partial charge in [0.05, 0.1) is 11.1 Å². The summed E-state index contributed by atoms with van der Waals surface area (Å²) >= 11 is 0. The van der Waals surface area contributed by atoms with Crippen molar-refractivity contribution in [2.24, 2.45) is 0 Å². The van der Waals surface area contributed by atoms with E-state index >= 15 is 0 Å². The Kier molecular flexibility index (Phi) is 8.26. The van der Waals surface area contributed by atoms with Crippen molar-refractivity contribution in [1.82, 2.24) is 14.8 Å². The molecule has 0 bridgehead atoms. The largest absolute Gasteiger partial charge is 0.311 e. The predicted octanol–water partition coefficient (Wildman–Crippen LogP) is 5.34. The lowest BCUT2D eigenvalue weighted by molar-refractivity contribution is -0.119. The number of pyridine rings is 1. The third-order valence-electron chi connectivity index (χ3n) is 6.57. The fourth-order valence-corrected chi connectivity index (χ4v) is 4.50. The Balaban J connectivity index is 1.72. The van der Waals surface area contributed by atoms with Crippen molar-refractivity contribution in [3.63, 3.8) is 0 Å². The molecule has 4 aromatic rings. The van der Waals surface area contributed by atoms with Gasteiger partial charge in [-0.05, 0) is 73.2 Å². The number of hydrogen-bond donors (Lipinski definition) is 0. The third-order valence-corrected chi connectivity index (χ3v) is 6.57. The Morgan fingerprint density at radius 3 is 2.39 bits per heavy atom. The maximum atomic E-state index is 13.4. The van der Waals surface area contributed by atoms with Gasteiger partial charge in [-0.3, -0.25) is 14.6 Å². The molecular weight excluding hydrogens is 448 g/mol. The molecule has 0 fully saturated rings. The Morgan fingerprint density at radius 1 is 0.944 bits per heavy atom. The van der Waals surface area contributed by atoms with Crippen LogP contribution in [0.1, 0.15) is 56.0 Å². The highest BCUT2D eigenvalue weighted by Gasteiger charge is 2.19. The zero-order valence-corrected chi connectivity index (χ0v) is 21.4. The van der Waals surface area contributed by atoms with Gasteiger partial charge >= 0.3 is 0 Å². The second-order valence-corrected chi connectivity index (χ2v) is 9.09. The average Bonchev–Trinajstić information content (AvgIpc) is 2.91. The molecule has 6 heteroatoms. The monoisotopic (exact) mass is 482 g/mol. The quantitative estimate of drug-likeness (QED) is 0.306. The van der Waals surface area contributed by atoms with Gasteiger partial charge in [0.1, 0.15) is 6.54 Å². The van der Waals surface area contributed by atoms with E-state index in [0.29, 0.717) is 18.4 Å². The number of nitrogens with zero attached hydrogens (tertiary/aromatic N) is 4. The summed E-state index contributed by atoms with van der Waals surface area (Å²) in [5.74, 6) is -0.164. The highest BCUT2D eigenvalue weighted by Crippen LogP contribution is 2.21. The molecule has 4 rings (SSSR count). The van der Waals surface area contributed by atoms with Gasteiger partial charge in [-0.1, -0.05) is 44.5 Å². The van der Waals surface area contributed by atoms with E-state index in [4.69, 9.17) is 5.10 Å². The summed E-state index contributed by atoms with van der Waals surface area (Å²) in [6, 6.07) is 17.9. The minimum absolute atomic E-state index is 0.115. The van der Waals surface area contributed by atoms with E-state index in [-0.39, 0.29) is 18.0 Å². The van der Waals surface area contributed by atoms with Gasteiger partial charge in [0.25, 0.3) is 5.56 Å². The minimum atomic E-state index is -0.243. The number of rotatable bonds is 10. The number of aryl methyl sites for hydroxylation is 2. The van der Waals surface area contributed by atoms with Crippen LogP contribution in [0.25, 0.3) is 10.8 Å². The maximum absolute atomic E-state index is 13.4. The number of fused-ring (bicyclic) bond motifs is 1. The average molecular weight is 483 g/mol. The smallest absolute Gasteiger partial charge is 0.275 e. The topological polar surface area (TPSA) is 68.1 Å². The fraction of sp³-hybridized carbons (Fsp3) is 0.333. The molecule has 0 N–H and O–H groups in total. The van der Waals surface area contributed by atoms with Crippen LogP contribution in [0.3, 0.4) is 0 Å². The van der Waals surface area contributed by atoms with Gasteiger partial charge in [-0.2, -0.15) is 5.10 Å². The molecule has 0 spiro atoms. The zero-order chi connectivity index (χ0) is 25.5. The van der Waals surface area contributed by atoms with E-state index in [2.05, 4.69) is 24.9 Å². The maximum Gasteiger partial charge on any atom is 0.275 e. The van der Waals surface area contributed by atoms with Crippen molar-refractivity contribution in [2.45, 2.75) is 59.4 Å². The molecule has 1 amide bonds. The van der Waals surface area contributed by atoms with Crippen LogP contribution < -0.4 is 10.5 Å². The molecule has 0 saturated heterocycles. The second kappa shape index (κ2) is 11.8. The van der Waals surface area contributed by atoms with Crippen LogP contribution in [-0.2, 0) is 30.6 Å². The number of amides is 1. The lowest BCUT2D eigenvalue weighted by Gasteiger charge is -2.22. The van der Waals surface area contributed by atoms with Crippen molar-refractivity contribution < 1.29 is 4.79 Å². The van der Waals surface area contributed by atoms with Crippen LogP contribution in [0.15, 0.2) is 71.8 Å². The van der Waals surface area contributed by atoms with Crippen molar-refractivity contribution in [2.75, 3.05) is 11.4 Å². The lowest BCUT2D eigenvalue weighted by atomic mass is 10.0. The van der Waals surface area contributed by atoms with Crippen molar-refractivity contribution in [1.29, 1.82) is 0 Å². The normalized spacial score (nSPS) is 11.1. The van der Waals surface area contributed by atoms with Crippen molar-refractivity contribution >= 4 is 22.4 Å². The first-order valence-electron chi connectivity index (χ1n) is 12.8. The van der Waals surface area contributed by atoms with Crippen LogP contribution in [0.2, 0.25) is 0 Å². The van der Waals surface area contributed by atoms with Gasteiger partial charge in [-0.15, -0.1) is 0 Å². The number of carbonyl (C=O) groups excluding carboxylic acids is 1. The van der Waals surface area contributed by atoms with E-state index < -0.39 is 0 Å². The van der Waals surface area contributed by atoms with Gasteiger partial charge in [0.2, 0.25) is 5.91 Å². The molecule has 0 saturated carbocycles. The van der Waals surface area contributed by atoms with E-state index in [0.717, 1.165) is 48.0 Å². The summed E-state index contributed by atoms with van der Waals surface area (Å²) in [4.78, 5) is 32.7. The Hall–Kier alpha value is -3.80. The summed E-state index contributed by atoms with van der Waals surface area (Å²) in [7, 11) is 0. The Bertz CT molecular complexity index is 1380. The number of aromatic nitrogens is 3. The van der Waals surface area contributed by atoms with E-state index in [9.17, 15) is 9.59 Å². The van der Waals surface area contributed by atoms with Crippen LogP contribution in [0.5, 0.6) is 0 Å². The number of hydrogen-bond acceptors (Lipinski definition) is 4. The SMILES string of the molecule is CCCCc1ccc2c(=O)n(CC(=O)N(CC)c3ccc(CC)cc3)nc(Cc3cccnc3)c2c1. The third kappa shape index (κ3) is 5.70. The van der Waals surface area contributed by atoms with Gasteiger partial charge in [0, 0.05) is 36.4 Å². The summed E-state index contributed by atoms with van der Waals surface area (Å²) in [6.45, 7) is 6.61. The molecule has 2 aromatic heterocycles. The van der Waals surface area contributed by atoms with Gasteiger partial charge in [0.15, 0.2) is 0 Å². The molecule has 6 nitrogen and oxygen atoms in total. The summed E-state index contributed by atoms with van der Waals surface area (Å²) in [5.41, 5.74) is 4.77. The fourth-order valence-electron chi connectivity index (χ4n) is 4.50. The molecule has 0 aliphatic rings. The van der Waals surface area contributed by atoms with E-state index in [1.54, 1.807) is 11.1 Å². The molecule has 0 radical (unpaired) electrons. The number of benzene rings is 2. The molecule has 0 unspecified atom stereocenters. The van der Waals surface area contributed by atoms with E-state index in [1.165, 1.54) is 15.8 Å². The summed E-state index contributed by atoms with van der Waals surface area (Å²) in [5, 5.41) is 6.16. The predicted molar refractivity (Wildman–Crippen MR) is 146 cm³/mol. The first-order chi connectivity index (χ1) is 17.5. The van der Waals surface area contributed by atoms with Gasteiger partial charge in [-0.25, -0.2) is 4.68 Å². The Labute approximate surface area is 212 Å². The van der Waals surface area contributed by atoms with Crippen LogP contribution in [0.4, 0.5) is 5.69 Å². The highest BCUT2D eigenvalue weighted by molar-refractivity contribution is 5.93. The summed E-state index contributed by atoms with van der Waals surface area (Å²) < 4.78 is 1.32. The molecule has 36 heavy (non-hydrogen) atoms. The summed E-state index contributed by atoms with van der Waals surface area (Å²) in [6.07, 6.45) is 8.19. The molecule has 2 aromatic carbocycles. The number of carbonyl (C=O) groups is 1.